The average molecular weight is 500 g/mol. The van der Waals surface area contributed by atoms with Gasteiger partial charge in [0.05, 0.1) is 0 Å². The van der Waals surface area contributed by atoms with Crippen molar-refractivity contribution in [1.82, 2.24) is 0 Å². The Kier molecular flexibility index (Phi) is 6.86. The van der Waals surface area contributed by atoms with E-state index in [-0.39, 0.29) is 20.8 Å². The summed E-state index contributed by atoms with van der Waals surface area (Å²) >= 11 is 0. The summed E-state index contributed by atoms with van der Waals surface area (Å²) < 4.78 is 177. The molecular weight excluding hydrogens is 476 g/mol. The zero-order valence-electron chi connectivity index (χ0n) is 18.1. The first-order valence-electron chi connectivity index (χ1n) is 9.38. The maximum atomic E-state index is 16.0. The molecule has 0 spiro atoms. The van der Waals surface area contributed by atoms with E-state index in [4.69, 9.17) is 0 Å². The summed E-state index contributed by atoms with van der Waals surface area (Å²) in [5.41, 5.74) is -3.41. The van der Waals surface area contributed by atoms with Crippen LogP contribution < -0.4 is 0 Å². The molecule has 1 aliphatic rings. The van der Waals surface area contributed by atoms with E-state index < -0.39 is 64.9 Å². The fourth-order valence-corrected chi connectivity index (χ4v) is 3.42. The van der Waals surface area contributed by atoms with Crippen molar-refractivity contribution >= 4 is 0 Å². The van der Waals surface area contributed by atoms with Gasteiger partial charge < -0.3 is 0 Å². The molecule has 2 nitrogen and oxygen atoms in total. The third kappa shape index (κ3) is 3.58. The van der Waals surface area contributed by atoms with Crippen LogP contribution in [0.5, 0.6) is 0 Å². The highest BCUT2D eigenvalue weighted by Gasteiger charge is 2.89. The van der Waals surface area contributed by atoms with Crippen LogP contribution in [0.15, 0.2) is 0 Å². The highest BCUT2D eigenvalue weighted by Crippen LogP contribution is 2.67. The minimum Gasteiger partial charge on any atom is -0.293 e. The quantitative estimate of drug-likeness (QED) is 0.353. The second kappa shape index (κ2) is 7.54. The van der Waals surface area contributed by atoms with Crippen molar-refractivity contribution in [3.8, 4) is 0 Å². The summed E-state index contributed by atoms with van der Waals surface area (Å²) in [6.07, 6.45) is -13.2. The molecule has 192 valence electrons. The number of ether oxygens (including phenoxy) is 2. The molecule has 3 unspecified atom stereocenters. The molecule has 0 aromatic rings. The summed E-state index contributed by atoms with van der Waals surface area (Å²) in [6, 6.07) is 0. The lowest BCUT2D eigenvalue weighted by Gasteiger charge is -2.49. The SMILES string of the molecule is CC(C)C(F)(F)C(F)(F)C(C)C(C)(C)C1(F)OC(C(F)(F)F)(C(F)(F)F)OC1(F)C(C)C. The van der Waals surface area contributed by atoms with E-state index in [2.05, 4.69) is 9.47 Å². The predicted octanol–water partition coefficient (Wildman–Crippen LogP) is 7.43. The lowest BCUT2D eigenvalue weighted by Crippen LogP contribution is -2.64. The van der Waals surface area contributed by atoms with Crippen molar-refractivity contribution in [2.24, 2.45) is 23.2 Å². The Morgan fingerprint density at radius 3 is 1.28 bits per heavy atom. The first-order valence-corrected chi connectivity index (χ1v) is 9.38. The summed E-state index contributed by atoms with van der Waals surface area (Å²) in [5, 5.41) is 0. The van der Waals surface area contributed by atoms with Crippen molar-refractivity contribution in [2.45, 2.75) is 90.2 Å². The second-order valence-corrected chi connectivity index (χ2v) is 9.06. The van der Waals surface area contributed by atoms with Gasteiger partial charge in [-0.05, 0) is 0 Å². The van der Waals surface area contributed by atoms with Gasteiger partial charge in [0.2, 0.25) is 0 Å². The highest BCUT2D eigenvalue weighted by molar-refractivity contribution is 5.12. The van der Waals surface area contributed by atoms with Crippen LogP contribution in [-0.2, 0) is 9.47 Å². The summed E-state index contributed by atoms with van der Waals surface area (Å²) in [4.78, 5) is 0. The number of rotatable bonds is 6. The molecule has 32 heavy (non-hydrogen) atoms. The number of hydrogen-bond acceptors (Lipinski definition) is 2. The van der Waals surface area contributed by atoms with Crippen LogP contribution in [0.25, 0.3) is 0 Å². The standard InChI is InChI=1S/C18H24F12O2/c1-8(2)12(19,20)13(21,22)10(5)11(6,7)15(24)14(23,9(3)4)31-16(32-15,17(25,26)27)18(28,29)30/h8-10H,1-7H3. The molecule has 0 aromatic carbocycles. The second-order valence-electron chi connectivity index (χ2n) is 9.06. The molecule has 1 heterocycles. The van der Waals surface area contributed by atoms with Gasteiger partial charge in [-0.1, -0.05) is 48.5 Å². The van der Waals surface area contributed by atoms with Crippen molar-refractivity contribution in [3.05, 3.63) is 0 Å². The molecule has 1 saturated heterocycles. The van der Waals surface area contributed by atoms with Gasteiger partial charge in [0.1, 0.15) is 0 Å². The molecule has 0 radical (unpaired) electrons. The van der Waals surface area contributed by atoms with E-state index >= 15 is 8.78 Å². The zero-order valence-corrected chi connectivity index (χ0v) is 18.1. The molecule has 0 N–H and O–H groups in total. The molecule has 1 fully saturated rings. The molecule has 1 rings (SSSR count). The van der Waals surface area contributed by atoms with E-state index in [0.717, 1.165) is 0 Å². The van der Waals surface area contributed by atoms with Crippen LogP contribution in [0.2, 0.25) is 0 Å². The third-order valence-electron chi connectivity index (χ3n) is 6.13. The van der Waals surface area contributed by atoms with Gasteiger partial charge in [0.25, 0.3) is 11.7 Å². The molecule has 0 aliphatic carbocycles. The van der Waals surface area contributed by atoms with Crippen molar-refractivity contribution in [3.63, 3.8) is 0 Å². The van der Waals surface area contributed by atoms with Crippen LogP contribution in [0.3, 0.4) is 0 Å². The Bertz CT molecular complexity index is 683. The largest absolute Gasteiger partial charge is 0.453 e. The average Bonchev–Trinajstić information content (AvgIpc) is 2.85. The van der Waals surface area contributed by atoms with Gasteiger partial charge in [-0.25, -0.2) is 8.78 Å². The topological polar surface area (TPSA) is 18.5 Å². The monoisotopic (exact) mass is 500 g/mol. The number of hydrogen-bond donors (Lipinski definition) is 0. The minimum absolute atomic E-state index is 0.253. The third-order valence-corrected chi connectivity index (χ3v) is 6.13. The van der Waals surface area contributed by atoms with Gasteiger partial charge >= 0.3 is 30.0 Å². The van der Waals surface area contributed by atoms with Crippen molar-refractivity contribution in [2.75, 3.05) is 0 Å². The smallest absolute Gasteiger partial charge is 0.293 e. The van der Waals surface area contributed by atoms with Crippen LogP contribution in [0, 0.1) is 23.2 Å². The van der Waals surface area contributed by atoms with Gasteiger partial charge in [-0.15, -0.1) is 0 Å². The zero-order chi connectivity index (χ0) is 26.1. The van der Waals surface area contributed by atoms with E-state index in [1.807, 2.05) is 0 Å². The molecular formula is C18H24F12O2. The van der Waals surface area contributed by atoms with Crippen LogP contribution in [0.1, 0.15) is 48.5 Å². The number of alkyl halides is 12. The van der Waals surface area contributed by atoms with Gasteiger partial charge in [-0.2, -0.15) is 43.9 Å². The summed E-state index contributed by atoms with van der Waals surface area (Å²) in [7, 11) is 0. The summed E-state index contributed by atoms with van der Waals surface area (Å²) in [6.45, 7) is 3.35. The molecule has 0 saturated carbocycles. The van der Waals surface area contributed by atoms with E-state index in [1.165, 1.54) is 0 Å². The van der Waals surface area contributed by atoms with Crippen molar-refractivity contribution in [1.29, 1.82) is 0 Å². The van der Waals surface area contributed by atoms with E-state index in [9.17, 15) is 43.9 Å². The lowest BCUT2D eigenvalue weighted by molar-refractivity contribution is -0.463. The molecule has 0 aromatic heterocycles. The van der Waals surface area contributed by atoms with Crippen LogP contribution in [0.4, 0.5) is 52.7 Å². The Labute approximate surface area is 176 Å². The predicted molar refractivity (Wildman–Crippen MR) is 87.2 cm³/mol. The first kappa shape index (κ1) is 29.1. The Balaban J connectivity index is 3.86. The minimum atomic E-state index is -6.62. The maximum Gasteiger partial charge on any atom is 0.453 e. The fraction of sp³-hybridized carbons (Fsp3) is 1.00. The van der Waals surface area contributed by atoms with E-state index in [0.29, 0.717) is 27.7 Å². The highest BCUT2D eigenvalue weighted by atomic mass is 19.4. The first-order chi connectivity index (χ1) is 13.7. The lowest BCUT2D eigenvalue weighted by atomic mass is 9.65. The Morgan fingerprint density at radius 2 is 1.00 bits per heavy atom. The summed E-state index contributed by atoms with van der Waals surface area (Å²) in [5.74, 6) is -32.7. The molecule has 1 aliphatic heterocycles. The molecule has 0 amide bonds. The maximum absolute atomic E-state index is 16.0. The van der Waals surface area contributed by atoms with E-state index in [1.54, 1.807) is 0 Å². The van der Waals surface area contributed by atoms with Gasteiger partial charge in [-0.3, -0.25) is 9.47 Å². The molecule has 0 bridgehead atoms. The molecule has 14 heteroatoms. The normalized spacial score (nSPS) is 29.2. The van der Waals surface area contributed by atoms with Crippen molar-refractivity contribution < 1.29 is 62.2 Å². The number of halogens is 12. The van der Waals surface area contributed by atoms with Gasteiger partial charge in [0, 0.05) is 23.2 Å². The fourth-order valence-electron chi connectivity index (χ4n) is 3.42. The molecule has 3 atom stereocenters. The van der Waals surface area contributed by atoms with Gasteiger partial charge in [0.15, 0.2) is 0 Å². The Hall–Kier alpha value is -0.920. The van der Waals surface area contributed by atoms with Crippen LogP contribution in [-0.4, -0.2) is 41.7 Å². The van der Waals surface area contributed by atoms with Crippen LogP contribution >= 0.6 is 0 Å². The Morgan fingerprint density at radius 1 is 0.625 bits per heavy atom.